The Morgan fingerprint density at radius 1 is 1.27 bits per heavy atom. The SMILES string of the molecule is CN1C(=O)[C@H](NC(=O)c2ncn(Cc3cccc(Cl)c3Cl)n2)CCn2nc(C(F)(F)F)cc21. The largest absolute Gasteiger partial charge is 0.435 e. The number of benzene rings is 1. The van der Waals surface area contributed by atoms with E-state index in [1.807, 2.05) is 0 Å². The summed E-state index contributed by atoms with van der Waals surface area (Å²) in [5, 5.41) is 10.9. The average molecular weight is 502 g/mol. The first-order valence-electron chi connectivity index (χ1n) is 9.60. The summed E-state index contributed by atoms with van der Waals surface area (Å²) in [4.78, 5) is 30.4. The molecule has 1 atom stereocenters. The van der Waals surface area contributed by atoms with Crippen LogP contribution >= 0.6 is 23.2 Å². The van der Waals surface area contributed by atoms with Crippen molar-refractivity contribution in [3.63, 3.8) is 0 Å². The minimum atomic E-state index is -4.63. The van der Waals surface area contributed by atoms with Crippen molar-refractivity contribution in [3.05, 3.63) is 57.7 Å². The molecule has 0 aliphatic carbocycles. The number of aryl methyl sites for hydroxylation is 1. The number of amides is 2. The van der Waals surface area contributed by atoms with Crippen molar-refractivity contribution in [3.8, 4) is 0 Å². The van der Waals surface area contributed by atoms with Gasteiger partial charge in [0.05, 0.1) is 16.6 Å². The van der Waals surface area contributed by atoms with Gasteiger partial charge in [-0.2, -0.15) is 18.3 Å². The fraction of sp³-hybridized carbons (Fsp3) is 0.316. The number of likely N-dealkylation sites (N-methyl/N-ethyl adjacent to an activating group) is 1. The number of nitrogens with one attached hydrogen (secondary N) is 1. The van der Waals surface area contributed by atoms with E-state index in [1.54, 1.807) is 18.2 Å². The molecule has 14 heteroatoms. The second-order valence-electron chi connectivity index (χ2n) is 7.30. The van der Waals surface area contributed by atoms with Gasteiger partial charge in [0, 0.05) is 19.7 Å². The van der Waals surface area contributed by atoms with E-state index in [0.29, 0.717) is 15.6 Å². The monoisotopic (exact) mass is 501 g/mol. The standard InChI is InChI=1S/C19H16Cl2F3N7O2/c1-29-14-7-13(19(22,23)24)27-31(14)6-5-12(18(29)33)26-17(32)16-25-9-30(28-16)8-10-3-2-4-11(20)15(10)21/h2-4,7,9,12H,5-6,8H2,1H3,(H,26,32)/t12-/m1/s1. The first kappa shape index (κ1) is 23.1. The summed E-state index contributed by atoms with van der Waals surface area (Å²) in [5.74, 6) is -1.47. The summed E-state index contributed by atoms with van der Waals surface area (Å²) in [6.07, 6.45) is -3.25. The highest BCUT2D eigenvalue weighted by Crippen LogP contribution is 2.32. The lowest BCUT2D eigenvalue weighted by molar-refractivity contribution is -0.141. The summed E-state index contributed by atoms with van der Waals surface area (Å²) >= 11 is 12.2. The molecule has 0 unspecified atom stereocenters. The smallest absolute Gasteiger partial charge is 0.337 e. The topological polar surface area (TPSA) is 97.9 Å². The molecule has 0 spiro atoms. The van der Waals surface area contributed by atoms with Crippen molar-refractivity contribution >= 4 is 40.8 Å². The normalized spacial score (nSPS) is 16.5. The Balaban J connectivity index is 1.45. The van der Waals surface area contributed by atoms with E-state index in [2.05, 4.69) is 20.5 Å². The van der Waals surface area contributed by atoms with Gasteiger partial charge in [-0.1, -0.05) is 35.3 Å². The van der Waals surface area contributed by atoms with Crippen LogP contribution in [0.2, 0.25) is 10.0 Å². The number of aromatic nitrogens is 5. The van der Waals surface area contributed by atoms with E-state index in [0.717, 1.165) is 15.6 Å². The van der Waals surface area contributed by atoms with Crippen LogP contribution in [0.25, 0.3) is 0 Å². The molecule has 1 N–H and O–H groups in total. The zero-order valence-electron chi connectivity index (χ0n) is 17.0. The maximum atomic E-state index is 13.0. The molecule has 2 aromatic heterocycles. The molecule has 3 heterocycles. The molecule has 1 aromatic carbocycles. The molecule has 1 aliphatic rings. The Kier molecular flexibility index (Phi) is 6.06. The molecule has 33 heavy (non-hydrogen) atoms. The lowest BCUT2D eigenvalue weighted by Crippen LogP contribution is -2.47. The molecule has 1 aliphatic heterocycles. The Morgan fingerprint density at radius 3 is 2.76 bits per heavy atom. The number of anilines is 1. The van der Waals surface area contributed by atoms with Crippen LogP contribution in [-0.2, 0) is 24.1 Å². The van der Waals surface area contributed by atoms with Crippen LogP contribution in [0.5, 0.6) is 0 Å². The van der Waals surface area contributed by atoms with Gasteiger partial charge in [-0.05, 0) is 18.1 Å². The van der Waals surface area contributed by atoms with Crippen LogP contribution in [-0.4, -0.2) is 49.4 Å². The van der Waals surface area contributed by atoms with Gasteiger partial charge in [0.25, 0.3) is 11.8 Å². The van der Waals surface area contributed by atoms with Gasteiger partial charge in [0.15, 0.2) is 5.69 Å². The van der Waals surface area contributed by atoms with Crippen molar-refractivity contribution in [2.75, 3.05) is 11.9 Å². The number of fused-ring (bicyclic) bond motifs is 1. The van der Waals surface area contributed by atoms with Crippen molar-refractivity contribution in [1.82, 2.24) is 29.9 Å². The van der Waals surface area contributed by atoms with E-state index in [4.69, 9.17) is 23.2 Å². The van der Waals surface area contributed by atoms with Crippen molar-refractivity contribution in [2.45, 2.75) is 31.7 Å². The van der Waals surface area contributed by atoms with Crippen LogP contribution in [0.1, 0.15) is 28.3 Å². The minimum Gasteiger partial charge on any atom is -0.337 e. The van der Waals surface area contributed by atoms with E-state index in [1.165, 1.54) is 18.1 Å². The Bertz CT molecular complexity index is 1220. The number of carbonyl (C=O) groups excluding carboxylic acids is 2. The number of hydrogen-bond acceptors (Lipinski definition) is 5. The van der Waals surface area contributed by atoms with Gasteiger partial charge in [0.2, 0.25) is 5.82 Å². The number of hydrogen-bond donors (Lipinski definition) is 1. The molecule has 0 radical (unpaired) electrons. The fourth-order valence-corrected chi connectivity index (χ4v) is 3.76. The molecular formula is C19H16Cl2F3N7O2. The predicted octanol–water partition coefficient (Wildman–Crippen LogP) is 3.01. The zero-order valence-corrected chi connectivity index (χ0v) is 18.5. The molecule has 0 saturated carbocycles. The van der Waals surface area contributed by atoms with Crippen LogP contribution in [0.3, 0.4) is 0 Å². The van der Waals surface area contributed by atoms with Crippen LogP contribution in [0.15, 0.2) is 30.6 Å². The van der Waals surface area contributed by atoms with Gasteiger partial charge in [-0.15, -0.1) is 5.10 Å². The number of alkyl halides is 3. The van der Waals surface area contributed by atoms with Gasteiger partial charge in [-0.25, -0.2) is 14.3 Å². The molecule has 174 valence electrons. The van der Waals surface area contributed by atoms with E-state index in [9.17, 15) is 22.8 Å². The van der Waals surface area contributed by atoms with Crippen LogP contribution in [0, 0.1) is 0 Å². The molecule has 0 fully saturated rings. The highest BCUT2D eigenvalue weighted by molar-refractivity contribution is 6.42. The Labute approximate surface area is 195 Å². The number of carbonyl (C=O) groups is 2. The molecular weight excluding hydrogens is 486 g/mol. The van der Waals surface area contributed by atoms with Gasteiger partial charge < -0.3 is 5.32 Å². The van der Waals surface area contributed by atoms with Gasteiger partial charge in [0.1, 0.15) is 18.2 Å². The van der Waals surface area contributed by atoms with Crippen molar-refractivity contribution in [1.29, 1.82) is 0 Å². The van der Waals surface area contributed by atoms with E-state index >= 15 is 0 Å². The molecule has 3 aromatic rings. The highest BCUT2D eigenvalue weighted by atomic mass is 35.5. The first-order chi connectivity index (χ1) is 15.5. The number of halogens is 5. The lowest BCUT2D eigenvalue weighted by atomic mass is 10.2. The minimum absolute atomic E-state index is 0.00156. The first-order valence-corrected chi connectivity index (χ1v) is 10.4. The van der Waals surface area contributed by atoms with E-state index < -0.39 is 29.7 Å². The number of nitrogens with zero attached hydrogens (tertiary/aromatic N) is 6. The highest BCUT2D eigenvalue weighted by Gasteiger charge is 2.38. The number of rotatable bonds is 4. The predicted molar refractivity (Wildman–Crippen MR) is 112 cm³/mol. The maximum absolute atomic E-state index is 13.0. The zero-order chi connectivity index (χ0) is 23.9. The second-order valence-corrected chi connectivity index (χ2v) is 8.08. The molecule has 4 rings (SSSR count). The van der Waals surface area contributed by atoms with Gasteiger partial charge >= 0.3 is 6.18 Å². The quantitative estimate of drug-likeness (QED) is 0.592. The summed E-state index contributed by atoms with van der Waals surface area (Å²) in [7, 11) is 1.32. The lowest BCUT2D eigenvalue weighted by Gasteiger charge is -2.19. The third kappa shape index (κ3) is 4.67. The van der Waals surface area contributed by atoms with Crippen molar-refractivity contribution in [2.24, 2.45) is 0 Å². The van der Waals surface area contributed by atoms with Crippen LogP contribution < -0.4 is 10.2 Å². The van der Waals surface area contributed by atoms with Crippen molar-refractivity contribution < 1.29 is 22.8 Å². The Morgan fingerprint density at radius 2 is 2.03 bits per heavy atom. The molecule has 0 bridgehead atoms. The molecule has 9 nitrogen and oxygen atoms in total. The average Bonchev–Trinajstić information content (AvgIpc) is 3.38. The maximum Gasteiger partial charge on any atom is 0.435 e. The summed E-state index contributed by atoms with van der Waals surface area (Å²) in [6.45, 7) is 0.217. The van der Waals surface area contributed by atoms with Crippen LogP contribution in [0.4, 0.5) is 19.0 Å². The molecule has 2 amide bonds. The second kappa shape index (κ2) is 8.67. The fourth-order valence-electron chi connectivity index (χ4n) is 3.38. The Hall–Kier alpha value is -3.12. The third-order valence-electron chi connectivity index (χ3n) is 5.06. The molecule has 0 saturated heterocycles. The van der Waals surface area contributed by atoms with Gasteiger partial charge in [-0.3, -0.25) is 14.5 Å². The summed E-state index contributed by atoms with van der Waals surface area (Å²) in [5.41, 5.74) is -0.413. The van der Waals surface area contributed by atoms with E-state index in [-0.39, 0.29) is 31.2 Å². The summed E-state index contributed by atoms with van der Waals surface area (Å²) < 4.78 is 41.3. The summed E-state index contributed by atoms with van der Waals surface area (Å²) in [6, 6.07) is 4.93. The third-order valence-corrected chi connectivity index (χ3v) is 5.92.